The minimum absolute atomic E-state index is 0.0463. The Hall–Kier alpha value is -3.30. The minimum Gasteiger partial charge on any atom is -0.383 e. The van der Waals surface area contributed by atoms with E-state index in [1.165, 1.54) is 0 Å². The summed E-state index contributed by atoms with van der Waals surface area (Å²) in [5.41, 5.74) is 8.03. The number of piperazine rings is 1. The number of carbonyl (C=O) groups is 1. The Bertz CT molecular complexity index is 964. The van der Waals surface area contributed by atoms with E-state index >= 15 is 0 Å². The Kier molecular flexibility index (Phi) is 7.69. The number of hydrogen-bond donors (Lipinski definition) is 4. The standard InChI is InChI=1S/C22H30N8O/c1-15(2)27-22(31)17-12-18(28-21(14-17)30-10-8-25-9-11-30)16-4-7-26-20(13-16)29-19(23)5-6-24-3/h4-7,12-15,24-25H,8-11H2,1-3H3,(H,27,31)(H2,23,26,29)/p+1. The quantitative estimate of drug-likeness (QED) is 0.377. The van der Waals surface area contributed by atoms with Gasteiger partial charge in [-0.15, -0.1) is 0 Å². The predicted octanol–water partition coefficient (Wildman–Crippen LogP) is 0.387. The van der Waals surface area contributed by atoms with Crippen molar-refractivity contribution in [3.05, 3.63) is 48.3 Å². The molecule has 9 heteroatoms. The van der Waals surface area contributed by atoms with Crippen molar-refractivity contribution in [1.82, 2.24) is 20.6 Å². The van der Waals surface area contributed by atoms with Gasteiger partial charge in [0.2, 0.25) is 0 Å². The van der Waals surface area contributed by atoms with Crippen LogP contribution >= 0.6 is 0 Å². The number of aromatic nitrogens is 2. The maximum absolute atomic E-state index is 12.8. The fraction of sp³-hybridized carbons (Fsp3) is 0.364. The molecule has 1 fully saturated rings. The van der Waals surface area contributed by atoms with Crippen molar-refractivity contribution in [2.75, 3.05) is 38.1 Å². The summed E-state index contributed by atoms with van der Waals surface area (Å²) < 4.78 is 0. The van der Waals surface area contributed by atoms with Crippen molar-refractivity contribution < 1.29 is 10.1 Å². The summed E-state index contributed by atoms with van der Waals surface area (Å²) in [4.78, 5) is 28.4. The average molecular weight is 424 g/mol. The van der Waals surface area contributed by atoms with E-state index in [9.17, 15) is 4.79 Å². The molecule has 0 radical (unpaired) electrons. The number of carbonyl (C=O) groups excluding carboxylic acids is 1. The summed E-state index contributed by atoms with van der Waals surface area (Å²) in [6.45, 7) is 7.33. The highest BCUT2D eigenvalue weighted by molar-refractivity contribution is 5.96. The third-order valence-electron chi connectivity index (χ3n) is 4.68. The fourth-order valence-corrected chi connectivity index (χ4v) is 3.20. The van der Waals surface area contributed by atoms with Gasteiger partial charge in [0.15, 0.2) is 5.82 Å². The number of rotatable bonds is 7. The van der Waals surface area contributed by atoms with Crippen LogP contribution in [-0.4, -0.2) is 61.0 Å². The van der Waals surface area contributed by atoms with Crippen LogP contribution in [0.3, 0.4) is 0 Å². The van der Waals surface area contributed by atoms with Crippen LogP contribution in [-0.2, 0) is 0 Å². The Balaban J connectivity index is 2.00. The molecule has 0 atom stereocenters. The zero-order valence-electron chi connectivity index (χ0n) is 18.3. The average Bonchev–Trinajstić information content (AvgIpc) is 2.77. The van der Waals surface area contributed by atoms with E-state index in [0.717, 1.165) is 37.6 Å². The molecule has 9 nitrogen and oxygen atoms in total. The maximum Gasteiger partial charge on any atom is 0.251 e. The minimum atomic E-state index is -0.118. The molecule has 2 aromatic rings. The number of amides is 1. The lowest BCUT2D eigenvalue weighted by Gasteiger charge is -2.29. The lowest BCUT2D eigenvalue weighted by molar-refractivity contribution is -0.556. The lowest BCUT2D eigenvalue weighted by Crippen LogP contribution is -2.72. The molecule has 1 aliphatic rings. The van der Waals surface area contributed by atoms with Crippen LogP contribution in [0.15, 0.2) is 47.7 Å². The van der Waals surface area contributed by atoms with E-state index in [1.807, 2.05) is 56.7 Å². The van der Waals surface area contributed by atoms with Crippen LogP contribution in [0.2, 0.25) is 0 Å². The first kappa shape index (κ1) is 22.4. The zero-order chi connectivity index (χ0) is 22.2. The predicted molar refractivity (Wildman–Crippen MR) is 123 cm³/mol. The summed E-state index contributed by atoms with van der Waals surface area (Å²) >= 11 is 0. The van der Waals surface area contributed by atoms with Gasteiger partial charge in [0.05, 0.1) is 18.9 Å². The molecular weight excluding hydrogens is 392 g/mol. The summed E-state index contributed by atoms with van der Waals surface area (Å²) in [5, 5.41) is 8.19. The van der Waals surface area contributed by atoms with Crippen molar-refractivity contribution in [3.8, 4) is 11.3 Å². The molecular formula is C22H31N8O+. The third kappa shape index (κ3) is 6.34. The summed E-state index contributed by atoms with van der Waals surface area (Å²) in [5.74, 6) is 1.52. The molecule has 0 aliphatic carbocycles. The van der Waals surface area contributed by atoms with Gasteiger partial charge in [-0.2, -0.15) is 0 Å². The highest BCUT2D eigenvalue weighted by Crippen LogP contribution is 2.25. The highest BCUT2D eigenvalue weighted by Gasteiger charge is 2.17. The lowest BCUT2D eigenvalue weighted by atomic mass is 10.1. The molecule has 31 heavy (non-hydrogen) atoms. The van der Waals surface area contributed by atoms with Gasteiger partial charge < -0.3 is 26.6 Å². The van der Waals surface area contributed by atoms with Gasteiger partial charge in [0, 0.05) is 55.6 Å². The van der Waals surface area contributed by atoms with Crippen LogP contribution < -0.4 is 26.6 Å². The maximum atomic E-state index is 12.8. The van der Waals surface area contributed by atoms with E-state index in [2.05, 4.69) is 25.5 Å². The summed E-state index contributed by atoms with van der Waals surface area (Å²) in [7, 11) is 1.91. The molecule has 3 heterocycles. The normalized spacial score (nSPS) is 15.0. The number of nitrogens with zero attached hydrogens (tertiary/aromatic N) is 4. The van der Waals surface area contributed by atoms with Gasteiger partial charge in [-0.05, 0) is 38.1 Å². The molecule has 0 spiro atoms. The molecule has 0 bridgehead atoms. The first-order chi connectivity index (χ1) is 15.0. The van der Waals surface area contributed by atoms with Crippen molar-refractivity contribution >= 4 is 23.4 Å². The fourth-order valence-electron chi connectivity index (χ4n) is 3.20. The van der Waals surface area contributed by atoms with E-state index in [4.69, 9.17) is 10.7 Å². The monoisotopic (exact) mass is 423 g/mol. The molecule has 0 unspecified atom stereocenters. The van der Waals surface area contributed by atoms with Crippen LogP contribution in [0, 0.1) is 0 Å². The molecule has 3 rings (SSSR count). The van der Waals surface area contributed by atoms with Crippen LogP contribution in [0.25, 0.3) is 11.3 Å². The van der Waals surface area contributed by atoms with Crippen molar-refractivity contribution in [2.45, 2.75) is 19.9 Å². The largest absolute Gasteiger partial charge is 0.383 e. The molecule has 0 aromatic carbocycles. The Morgan fingerprint density at radius 2 is 2.10 bits per heavy atom. The second-order valence-corrected chi connectivity index (χ2v) is 7.60. The molecule has 1 amide bonds. The third-order valence-corrected chi connectivity index (χ3v) is 4.68. The first-order valence-corrected chi connectivity index (χ1v) is 10.5. The topological polar surface area (TPSA) is 125 Å². The van der Waals surface area contributed by atoms with E-state index in [0.29, 0.717) is 22.9 Å². The van der Waals surface area contributed by atoms with Gasteiger partial charge in [-0.1, -0.05) is 0 Å². The zero-order valence-corrected chi connectivity index (χ0v) is 18.3. The van der Waals surface area contributed by atoms with Crippen LogP contribution in [0.1, 0.15) is 24.2 Å². The number of anilines is 1. The molecule has 1 saturated heterocycles. The van der Waals surface area contributed by atoms with Crippen LogP contribution in [0.5, 0.6) is 0 Å². The van der Waals surface area contributed by atoms with E-state index in [-0.39, 0.29) is 11.9 Å². The number of pyridine rings is 2. The second-order valence-electron chi connectivity index (χ2n) is 7.60. The Morgan fingerprint density at radius 3 is 2.81 bits per heavy atom. The number of hydrogen-bond acceptors (Lipinski definition) is 6. The van der Waals surface area contributed by atoms with Crippen molar-refractivity contribution in [3.63, 3.8) is 0 Å². The Labute approximate surface area is 182 Å². The number of amidine groups is 1. The molecule has 6 N–H and O–H groups in total. The smallest absolute Gasteiger partial charge is 0.251 e. The van der Waals surface area contributed by atoms with Crippen molar-refractivity contribution in [2.24, 2.45) is 10.7 Å². The molecule has 164 valence electrons. The van der Waals surface area contributed by atoms with E-state index < -0.39 is 0 Å². The van der Waals surface area contributed by atoms with Gasteiger partial charge in [0.25, 0.3) is 5.91 Å². The molecule has 2 aromatic heterocycles. The highest BCUT2D eigenvalue weighted by atomic mass is 16.1. The van der Waals surface area contributed by atoms with Crippen LogP contribution in [0.4, 0.5) is 11.6 Å². The number of quaternary nitrogens is 1. The summed E-state index contributed by atoms with van der Waals surface area (Å²) in [6.07, 6.45) is 5.21. The summed E-state index contributed by atoms with van der Waals surface area (Å²) in [6, 6.07) is 7.40. The van der Waals surface area contributed by atoms with E-state index in [1.54, 1.807) is 12.3 Å². The number of nitrogens with two attached hydrogens (primary N) is 2. The van der Waals surface area contributed by atoms with Crippen molar-refractivity contribution in [1.29, 1.82) is 0 Å². The SMILES string of the molecule is C[NH2+]C=CC(N)=Nc1cc(-c2cc(C(=O)NC(C)C)cc(N3CCNCC3)n2)ccn1. The van der Waals surface area contributed by atoms with Gasteiger partial charge >= 0.3 is 0 Å². The Morgan fingerprint density at radius 1 is 1.32 bits per heavy atom. The van der Waals surface area contributed by atoms with Gasteiger partial charge in [0.1, 0.15) is 11.7 Å². The van der Waals surface area contributed by atoms with Gasteiger partial charge in [-0.25, -0.2) is 15.0 Å². The first-order valence-electron chi connectivity index (χ1n) is 10.5. The number of aliphatic imine (C=N–C) groups is 1. The molecule has 1 aliphatic heterocycles. The van der Waals surface area contributed by atoms with Gasteiger partial charge in [-0.3, -0.25) is 4.79 Å². The molecule has 0 saturated carbocycles. The number of nitrogens with one attached hydrogen (secondary N) is 2. The second kappa shape index (κ2) is 10.6.